The van der Waals surface area contributed by atoms with Gasteiger partial charge in [0.05, 0.1) is 23.2 Å². The van der Waals surface area contributed by atoms with Crippen LogP contribution in [0, 0.1) is 6.92 Å². The number of hydrogen-bond donors (Lipinski definition) is 1. The van der Waals surface area contributed by atoms with Gasteiger partial charge in [0.2, 0.25) is 0 Å². The number of hydrogen-bond acceptors (Lipinski definition) is 4. The number of halogens is 1. The number of anilines is 1. The van der Waals surface area contributed by atoms with Gasteiger partial charge in [0, 0.05) is 5.02 Å². The molecule has 0 saturated heterocycles. The van der Waals surface area contributed by atoms with Crippen molar-refractivity contribution in [3.8, 4) is 5.75 Å². The third-order valence-corrected chi connectivity index (χ3v) is 8.06. The molecule has 0 aliphatic carbocycles. The largest absolute Gasteiger partial charge is 0.484 e. The van der Waals surface area contributed by atoms with Crippen molar-refractivity contribution >= 4 is 33.2 Å². The molecule has 0 aromatic heterocycles. The summed E-state index contributed by atoms with van der Waals surface area (Å²) >= 11 is 6.02. The number of rotatable bonds is 10. The molecular weight excluding hydrogens is 520 g/mol. The SMILES string of the molecule is Cc1ccc(S(=O)(=O)N(Cc2ccc(Cl)cc2)c2ccc(OCC(=O)N[C@H](C)c3ccccc3)cc2)cc1. The second-order valence-corrected chi connectivity index (χ2v) is 11.2. The quantitative estimate of drug-likeness (QED) is 0.252. The highest BCUT2D eigenvalue weighted by Crippen LogP contribution is 2.28. The van der Waals surface area contributed by atoms with Crippen LogP contribution >= 0.6 is 11.6 Å². The first-order valence-electron chi connectivity index (χ1n) is 12.1. The summed E-state index contributed by atoms with van der Waals surface area (Å²) in [5.74, 6) is 0.201. The lowest BCUT2D eigenvalue weighted by molar-refractivity contribution is -0.123. The van der Waals surface area contributed by atoms with E-state index >= 15 is 0 Å². The highest BCUT2D eigenvalue weighted by molar-refractivity contribution is 7.92. The van der Waals surface area contributed by atoms with E-state index in [2.05, 4.69) is 5.32 Å². The lowest BCUT2D eigenvalue weighted by Gasteiger charge is -2.25. The first-order valence-corrected chi connectivity index (χ1v) is 14.0. The summed E-state index contributed by atoms with van der Waals surface area (Å²) in [5.41, 5.74) is 3.22. The molecule has 196 valence electrons. The molecule has 6 nitrogen and oxygen atoms in total. The Hall–Kier alpha value is -3.81. The van der Waals surface area contributed by atoms with Crippen molar-refractivity contribution in [2.75, 3.05) is 10.9 Å². The molecule has 0 aliphatic heterocycles. The third kappa shape index (κ3) is 6.94. The summed E-state index contributed by atoms with van der Waals surface area (Å²) in [7, 11) is -3.86. The van der Waals surface area contributed by atoms with Crippen LogP contribution in [0.5, 0.6) is 5.75 Å². The zero-order valence-electron chi connectivity index (χ0n) is 21.2. The summed E-state index contributed by atoms with van der Waals surface area (Å²) < 4.78 is 34.3. The Morgan fingerprint density at radius 2 is 1.53 bits per heavy atom. The van der Waals surface area contributed by atoms with Crippen LogP contribution < -0.4 is 14.4 Å². The van der Waals surface area contributed by atoms with Crippen LogP contribution in [0.1, 0.15) is 29.7 Å². The van der Waals surface area contributed by atoms with Crippen molar-refractivity contribution in [3.05, 3.63) is 125 Å². The first-order chi connectivity index (χ1) is 18.2. The van der Waals surface area contributed by atoms with E-state index in [-0.39, 0.29) is 30.0 Å². The Bertz CT molecular complexity index is 1460. The van der Waals surface area contributed by atoms with Crippen molar-refractivity contribution in [3.63, 3.8) is 0 Å². The zero-order valence-corrected chi connectivity index (χ0v) is 22.7. The first kappa shape index (κ1) is 27.2. The van der Waals surface area contributed by atoms with E-state index in [0.717, 1.165) is 16.7 Å². The normalized spacial score (nSPS) is 12.0. The van der Waals surface area contributed by atoms with Crippen LogP contribution in [0.2, 0.25) is 5.02 Å². The van der Waals surface area contributed by atoms with Crippen LogP contribution in [-0.2, 0) is 21.4 Å². The van der Waals surface area contributed by atoms with Gasteiger partial charge in [-0.25, -0.2) is 8.42 Å². The molecule has 4 aromatic carbocycles. The second kappa shape index (κ2) is 12.2. The van der Waals surface area contributed by atoms with Crippen LogP contribution in [0.3, 0.4) is 0 Å². The monoisotopic (exact) mass is 548 g/mol. The molecule has 0 fully saturated rings. The predicted molar refractivity (Wildman–Crippen MR) is 151 cm³/mol. The maximum atomic E-state index is 13.7. The number of carbonyl (C=O) groups excluding carboxylic acids is 1. The Morgan fingerprint density at radius 3 is 2.16 bits per heavy atom. The molecule has 0 unspecified atom stereocenters. The summed E-state index contributed by atoms with van der Waals surface area (Å²) in [4.78, 5) is 12.6. The molecule has 1 atom stereocenters. The standard InChI is InChI=1S/C30H29ClN2O4S/c1-22-8-18-29(19-9-22)38(35,36)33(20-24-10-12-26(31)13-11-24)27-14-16-28(17-15-27)37-21-30(34)32-23(2)25-6-4-3-5-7-25/h3-19,23H,20-21H2,1-2H3,(H,32,34)/t23-/m1/s1. The third-order valence-electron chi connectivity index (χ3n) is 6.02. The van der Waals surface area contributed by atoms with Gasteiger partial charge in [0.15, 0.2) is 6.61 Å². The van der Waals surface area contributed by atoms with E-state index in [1.165, 1.54) is 4.31 Å². The van der Waals surface area contributed by atoms with Crippen molar-refractivity contribution in [1.29, 1.82) is 0 Å². The van der Waals surface area contributed by atoms with Crippen molar-refractivity contribution in [1.82, 2.24) is 5.32 Å². The summed E-state index contributed by atoms with van der Waals surface area (Å²) in [5, 5.41) is 3.48. The summed E-state index contributed by atoms with van der Waals surface area (Å²) in [6.45, 7) is 3.77. The minimum absolute atomic E-state index is 0.118. The number of amides is 1. The van der Waals surface area contributed by atoms with E-state index < -0.39 is 10.0 Å². The molecule has 0 heterocycles. The number of ether oxygens (including phenoxy) is 1. The molecule has 0 bridgehead atoms. The highest BCUT2D eigenvalue weighted by Gasteiger charge is 2.25. The van der Waals surface area contributed by atoms with Crippen LogP contribution in [0.15, 0.2) is 108 Å². The second-order valence-electron chi connectivity index (χ2n) is 8.93. The maximum Gasteiger partial charge on any atom is 0.264 e. The Morgan fingerprint density at radius 1 is 0.895 bits per heavy atom. The molecule has 4 rings (SSSR count). The highest BCUT2D eigenvalue weighted by atomic mass is 35.5. The average molecular weight is 549 g/mol. The van der Waals surface area contributed by atoms with E-state index in [0.29, 0.717) is 16.5 Å². The zero-order chi connectivity index (χ0) is 27.1. The van der Waals surface area contributed by atoms with E-state index in [1.54, 1.807) is 72.8 Å². The van der Waals surface area contributed by atoms with Crippen LogP contribution in [0.25, 0.3) is 0 Å². The molecule has 38 heavy (non-hydrogen) atoms. The van der Waals surface area contributed by atoms with E-state index in [4.69, 9.17) is 16.3 Å². The number of nitrogens with zero attached hydrogens (tertiary/aromatic N) is 1. The van der Waals surface area contributed by atoms with E-state index in [9.17, 15) is 13.2 Å². The van der Waals surface area contributed by atoms with Crippen molar-refractivity contribution in [2.45, 2.75) is 31.3 Å². The Balaban J connectivity index is 1.49. The number of nitrogens with one attached hydrogen (secondary N) is 1. The molecule has 1 amide bonds. The predicted octanol–water partition coefficient (Wildman–Crippen LogP) is 6.30. The number of aryl methyl sites for hydroxylation is 1. The van der Waals surface area contributed by atoms with Crippen molar-refractivity contribution in [2.24, 2.45) is 0 Å². The molecule has 0 saturated carbocycles. The minimum Gasteiger partial charge on any atom is -0.484 e. The molecule has 1 N–H and O–H groups in total. The fourth-order valence-corrected chi connectivity index (χ4v) is 5.45. The molecule has 0 spiro atoms. The maximum absolute atomic E-state index is 13.7. The Labute approximate surface area is 228 Å². The van der Waals surface area contributed by atoms with Gasteiger partial charge < -0.3 is 10.1 Å². The fourth-order valence-electron chi connectivity index (χ4n) is 3.87. The lowest BCUT2D eigenvalue weighted by atomic mass is 10.1. The number of benzene rings is 4. The van der Waals surface area contributed by atoms with Gasteiger partial charge in [0.1, 0.15) is 5.75 Å². The van der Waals surface area contributed by atoms with Gasteiger partial charge in [-0.15, -0.1) is 0 Å². The van der Waals surface area contributed by atoms with E-state index in [1.807, 2.05) is 44.2 Å². The average Bonchev–Trinajstić information content (AvgIpc) is 2.92. The number of sulfonamides is 1. The lowest BCUT2D eigenvalue weighted by Crippen LogP contribution is -2.31. The van der Waals surface area contributed by atoms with Crippen molar-refractivity contribution < 1.29 is 17.9 Å². The summed E-state index contributed by atoms with van der Waals surface area (Å²) in [6.07, 6.45) is 0. The molecule has 4 aromatic rings. The topological polar surface area (TPSA) is 75.7 Å². The number of carbonyl (C=O) groups is 1. The smallest absolute Gasteiger partial charge is 0.264 e. The van der Waals surface area contributed by atoms with Gasteiger partial charge in [-0.3, -0.25) is 9.10 Å². The van der Waals surface area contributed by atoms with Gasteiger partial charge in [-0.1, -0.05) is 71.8 Å². The molecule has 0 aliphatic rings. The molecule has 8 heteroatoms. The van der Waals surface area contributed by atoms with Gasteiger partial charge in [-0.05, 0) is 73.5 Å². The van der Waals surface area contributed by atoms with Gasteiger partial charge >= 0.3 is 0 Å². The minimum atomic E-state index is -3.86. The Kier molecular flexibility index (Phi) is 8.71. The summed E-state index contributed by atoms with van der Waals surface area (Å²) in [6, 6.07) is 30.0. The van der Waals surface area contributed by atoms with Gasteiger partial charge in [-0.2, -0.15) is 0 Å². The van der Waals surface area contributed by atoms with Gasteiger partial charge in [0.25, 0.3) is 15.9 Å². The molecule has 0 radical (unpaired) electrons. The van der Waals surface area contributed by atoms with Crippen LogP contribution in [0.4, 0.5) is 5.69 Å². The van der Waals surface area contributed by atoms with Crippen LogP contribution in [-0.4, -0.2) is 20.9 Å². The molecular formula is C30H29ClN2O4S. The fraction of sp³-hybridized carbons (Fsp3) is 0.167.